The maximum absolute atomic E-state index is 10.8. The van der Waals surface area contributed by atoms with E-state index in [1.165, 1.54) is 0 Å². The van der Waals surface area contributed by atoms with E-state index < -0.39 is 12.0 Å². The minimum atomic E-state index is -0.848. The van der Waals surface area contributed by atoms with Crippen LogP contribution in [0.5, 0.6) is 0 Å². The van der Waals surface area contributed by atoms with Crippen LogP contribution in [0, 0.1) is 0 Å². The van der Waals surface area contributed by atoms with Crippen molar-refractivity contribution in [3.05, 3.63) is 0 Å². The Morgan fingerprint density at radius 1 is 1.79 bits per heavy atom. The van der Waals surface area contributed by atoms with Gasteiger partial charge in [-0.15, -0.1) is 0 Å². The highest BCUT2D eigenvalue weighted by molar-refractivity contribution is 5.73. The first kappa shape index (κ1) is 10.9. The summed E-state index contributed by atoms with van der Waals surface area (Å²) in [5.74, 6) is -0.848. The fourth-order valence-corrected chi connectivity index (χ4v) is 1.24. The Hall–Kier alpha value is -1.14. The van der Waals surface area contributed by atoms with E-state index in [2.05, 4.69) is 10.4 Å². The van der Waals surface area contributed by atoms with E-state index in [1.54, 1.807) is 11.3 Å². The molecule has 0 fully saturated rings. The second-order valence-corrected chi connectivity index (χ2v) is 3.17. The summed E-state index contributed by atoms with van der Waals surface area (Å²) in [5, 5.41) is 10.6. The average Bonchev–Trinajstić information content (AvgIpc) is 2.64. The Morgan fingerprint density at radius 3 is 3.07 bits per heavy atom. The molecule has 1 rings (SSSR count). The number of carbonyl (C=O) groups is 1. The molecule has 0 amide bonds. The Bertz CT molecular complexity index is 219. The van der Waals surface area contributed by atoms with Crippen LogP contribution in [0.3, 0.4) is 0 Å². The van der Waals surface area contributed by atoms with Gasteiger partial charge in [-0.05, 0) is 19.4 Å². The molecule has 0 aromatic heterocycles. The van der Waals surface area contributed by atoms with Gasteiger partial charge in [0.1, 0.15) is 6.04 Å². The summed E-state index contributed by atoms with van der Waals surface area (Å²) in [6.07, 6.45) is 2.86. The van der Waals surface area contributed by atoms with Gasteiger partial charge in [-0.25, -0.2) is 5.43 Å². The molecule has 0 aromatic carbocycles. The van der Waals surface area contributed by atoms with Gasteiger partial charge < -0.3 is 10.8 Å². The third-order valence-corrected chi connectivity index (χ3v) is 2.01. The van der Waals surface area contributed by atoms with Crippen molar-refractivity contribution in [2.24, 2.45) is 10.7 Å². The first-order chi connectivity index (χ1) is 6.74. The second kappa shape index (κ2) is 5.56. The molecule has 6 heteroatoms. The summed E-state index contributed by atoms with van der Waals surface area (Å²) in [7, 11) is 0. The lowest BCUT2D eigenvalue weighted by Gasteiger charge is -2.21. The van der Waals surface area contributed by atoms with Gasteiger partial charge in [0, 0.05) is 0 Å². The maximum Gasteiger partial charge on any atom is 0.322 e. The highest BCUT2D eigenvalue weighted by Crippen LogP contribution is 1.99. The molecule has 1 heterocycles. The fourth-order valence-electron chi connectivity index (χ4n) is 1.24. The SMILES string of the molecule is NCCC[C@H](NN1C=NCC1)C(=O)O. The van der Waals surface area contributed by atoms with E-state index in [0.29, 0.717) is 19.4 Å². The molecule has 6 nitrogen and oxygen atoms in total. The molecule has 0 unspecified atom stereocenters. The van der Waals surface area contributed by atoms with Crippen LogP contribution in [0.4, 0.5) is 0 Å². The smallest absolute Gasteiger partial charge is 0.322 e. The first-order valence-electron chi connectivity index (χ1n) is 4.69. The van der Waals surface area contributed by atoms with Crippen molar-refractivity contribution in [3.8, 4) is 0 Å². The number of nitrogens with two attached hydrogens (primary N) is 1. The summed E-state index contributed by atoms with van der Waals surface area (Å²) in [6, 6.07) is -0.567. The van der Waals surface area contributed by atoms with Crippen molar-refractivity contribution >= 4 is 12.3 Å². The summed E-state index contributed by atoms with van der Waals surface area (Å²) in [6.45, 7) is 1.96. The zero-order chi connectivity index (χ0) is 10.4. The summed E-state index contributed by atoms with van der Waals surface area (Å²) in [5.41, 5.74) is 8.20. The Morgan fingerprint density at radius 2 is 2.57 bits per heavy atom. The summed E-state index contributed by atoms with van der Waals surface area (Å²) < 4.78 is 0. The molecule has 0 aromatic rings. The molecule has 0 radical (unpaired) electrons. The maximum atomic E-state index is 10.8. The topological polar surface area (TPSA) is 91.0 Å². The lowest BCUT2D eigenvalue weighted by molar-refractivity contribution is -0.140. The lowest BCUT2D eigenvalue weighted by atomic mass is 10.2. The van der Waals surface area contributed by atoms with Gasteiger partial charge in [0.15, 0.2) is 0 Å². The normalized spacial score (nSPS) is 17.4. The van der Waals surface area contributed by atoms with Crippen LogP contribution in [-0.4, -0.2) is 48.1 Å². The fraction of sp³-hybridized carbons (Fsp3) is 0.750. The number of aliphatic imine (C=N–C) groups is 1. The van der Waals surface area contributed by atoms with E-state index in [4.69, 9.17) is 10.8 Å². The standard InChI is InChI=1S/C8H16N4O2/c9-3-1-2-7(8(13)14)11-12-5-4-10-6-12/h6-7,11H,1-5,9H2,(H,13,14)/t7-/m0/s1. The average molecular weight is 200 g/mol. The molecule has 1 atom stereocenters. The quantitative estimate of drug-likeness (QED) is 0.513. The zero-order valence-electron chi connectivity index (χ0n) is 8.02. The van der Waals surface area contributed by atoms with Crippen molar-refractivity contribution in [1.29, 1.82) is 0 Å². The number of aliphatic carboxylic acids is 1. The van der Waals surface area contributed by atoms with Gasteiger partial charge in [0.05, 0.1) is 19.4 Å². The van der Waals surface area contributed by atoms with Gasteiger partial charge in [-0.3, -0.25) is 14.8 Å². The highest BCUT2D eigenvalue weighted by atomic mass is 16.4. The van der Waals surface area contributed by atoms with E-state index in [0.717, 1.165) is 13.1 Å². The van der Waals surface area contributed by atoms with Crippen molar-refractivity contribution in [1.82, 2.24) is 10.4 Å². The van der Waals surface area contributed by atoms with Gasteiger partial charge in [0.25, 0.3) is 0 Å². The number of nitrogens with zero attached hydrogens (tertiary/aromatic N) is 2. The monoisotopic (exact) mass is 200 g/mol. The Labute approximate surface area is 82.8 Å². The third-order valence-electron chi connectivity index (χ3n) is 2.01. The van der Waals surface area contributed by atoms with E-state index in [1.807, 2.05) is 0 Å². The zero-order valence-corrected chi connectivity index (χ0v) is 8.02. The molecular weight excluding hydrogens is 184 g/mol. The Balaban J connectivity index is 2.34. The van der Waals surface area contributed by atoms with Crippen molar-refractivity contribution in [2.45, 2.75) is 18.9 Å². The highest BCUT2D eigenvalue weighted by Gasteiger charge is 2.19. The number of rotatable bonds is 6. The number of hydrogen-bond acceptors (Lipinski definition) is 5. The molecule has 4 N–H and O–H groups in total. The van der Waals surface area contributed by atoms with Gasteiger partial charge in [-0.2, -0.15) is 0 Å². The van der Waals surface area contributed by atoms with Crippen LogP contribution in [0.2, 0.25) is 0 Å². The first-order valence-corrected chi connectivity index (χ1v) is 4.69. The number of hydrazine groups is 1. The van der Waals surface area contributed by atoms with E-state index in [9.17, 15) is 4.79 Å². The minimum Gasteiger partial charge on any atom is -0.480 e. The molecule has 0 spiro atoms. The molecule has 1 aliphatic heterocycles. The van der Waals surface area contributed by atoms with Crippen LogP contribution in [0.15, 0.2) is 4.99 Å². The largest absolute Gasteiger partial charge is 0.480 e. The summed E-state index contributed by atoms with van der Waals surface area (Å²) in [4.78, 5) is 14.8. The third kappa shape index (κ3) is 3.31. The van der Waals surface area contributed by atoms with Gasteiger partial charge in [0.2, 0.25) is 0 Å². The van der Waals surface area contributed by atoms with Crippen molar-refractivity contribution in [2.75, 3.05) is 19.6 Å². The predicted molar refractivity (Wildman–Crippen MR) is 52.9 cm³/mol. The van der Waals surface area contributed by atoms with E-state index >= 15 is 0 Å². The van der Waals surface area contributed by atoms with Crippen LogP contribution in [-0.2, 0) is 4.79 Å². The molecule has 1 aliphatic rings. The molecule has 0 aliphatic carbocycles. The van der Waals surface area contributed by atoms with E-state index in [-0.39, 0.29) is 0 Å². The number of carboxylic acids is 1. The van der Waals surface area contributed by atoms with Crippen LogP contribution < -0.4 is 11.2 Å². The molecule has 14 heavy (non-hydrogen) atoms. The second-order valence-electron chi connectivity index (χ2n) is 3.17. The lowest BCUT2D eigenvalue weighted by Crippen LogP contribution is -2.47. The van der Waals surface area contributed by atoms with Crippen molar-refractivity contribution in [3.63, 3.8) is 0 Å². The van der Waals surface area contributed by atoms with Crippen LogP contribution in [0.1, 0.15) is 12.8 Å². The molecule has 0 bridgehead atoms. The molecule has 0 saturated heterocycles. The Kier molecular flexibility index (Phi) is 4.34. The number of hydrogen-bond donors (Lipinski definition) is 3. The molecule has 80 valence electrons. The number of nitrogens with one attached hydrogen (secondary N) is 1. The van der Waals surface area contributed by atoms with Gasteiger partial charge >= 0.3 is 5.97 Å². The molecular formula is C8H16N4O2. The van der Waals surface area contributed by atoms with Crippen LogP contribution in [0.25, 0.3) is 0 Å². The number of carboxylic acid groups (broad SMARTS) is 1. The van der Waals surface area contributed by atoms with Crippen molar-refractivity contribution < 1.29 is 9.90 Å². The minimum absolute atomic E-state index is 0.513. The van der Waals surface area contributed by atoms with Crippen LogP contribution >= 0.6 is 0 Å². The summed E-state index contributed by atoms with van der Waals surface area (Å²) >= 11 is 0. The van der Waals surface area contributed by atoms with Gasteiger partial charge in [-0.1, -0.05) is 0 Å². The molecule has 0 saturated carbocycles. The predicted octanol–water partition coefficient (Wildman–Crippen LogP) is -0.973.